The summed E-state index contributed by atoms with van der Waals surface area (Å²) >= 11 is 14.1. The van der Waals surface area contributed by atoms with Crippen molar-refractivity contribution in [2.45, 2.75) is 13.5 Å². The number of carbonyl (C=O) groups excluding carboxylic acids is 1. The van der Waals surface area contributed by atoms with Crippen LogP contribution < -0.4 is 0 Å². The number of benzene rings is 1. The monoisotopic (exact) mass is 422 g/mol. The molecule has 1 aliphatic heterocycles. The Morgan fingerprint density at radius 2 is 1.85 bits per heavy atom. The van der Waals surface area contributed by atoms with Gasteiger partial charge in [-0.15, -0.1) is 11.3 Å². The van der Waals surface area contributed by atoms with Gasteiger partial charge >= 0.3 is 0 Å². The van der Waals surface area contributed by atoms with E-state index in [-0.39, 0.29) is 5.91 Å². The van der Waals surface area contributed by atoms with Gasteiger partial charge in [0.15, 0.2) is 0 Å². The number of carbonyl (C=O) groups is 1. The van der Waals surface area contributed by atoms with Crippen LogP contribution in [0.5, 0.6) is 0 Å². The third-order valence-electron chi connectivity index (χ3n) is 4.98. The normalized spacial score (nSPS) is 15.6. The number of hydrogen-bond donors (Lipinski definition) is 0. The number of fused-ring (bicyclic) bond motifs is 1. The van der Waals surface area contributed by atoms with Gasteiger partial charge in [0.25, 0.3) is 5.91 Å². The first-order valence-electron chi connectivity index (χ1n) is 8.81. The standard InChI is InChI=1S/C19H20Cl2N4OS/c1-12-13-10-17(18(26)24-8-6-23(2)7-9-24)27-19(13)25(22-12)11-14-15(20)4-3-5-16(14)21/h3-5,10H,6-9,11H2,1-2H3. The number of aromatic nitrogens is 2. The molecule has 27 heavy (non-hydrogen) atoms. The van der Waals surface area contributed by atoms with E-state index in [9.17, 15) is 4.79 Å². The average Bonchev–Trinajstić information content (AvgIpc) is 3.20. The summed E-state index contributed by atoms with van der Waals surface area (Å²) in [5.41, 5.74) is 1.74. The molecule has 2 aromatic heterocycles. The highest BCUT2D eigenvalue weighted by Crippen LogP contribution is 2.32. The van der Waals surface area contributed by atoms with Crippen LogP contribution in [0.3, 0.4) is 0 Å². The molecule has 0 radical (unpaired) electrons. The molecule has 1 aromatic carbocycles. The molecule has 3 aromatic rings. The maximum absolute atomic E-state index is 12.9. The Morgan fingerprint density at radius 3 is 2.52 bits per heavy atom. The van der Waals surface area contributed by atoms with E-state index in [1.807, 2.05) is 40.8 Å². The lowest BCUT2D eigenvalue weighted by atomic mass is 10.2. The summed E-state index contributed by atoms with van der Waals surface area (Å²) in [5.74, 6) is 0.103. The number of piperazine rings is 1. The SMILES string of the molecule is Cc1nn(Cc2c(Cl)cccc2Cl)c2sc(C(=O)N3CCN(C)CC3)cc12. The van der Waals surface area contributed by atoms with Crippen molar-refractivity contribution in [1.82, 2.24) is 19.6 Å². The van der Waals surface area contributed by atoms with Gasteiger partial charge in [-0.3, -0.25) is 4.79 Å². The minimum atomic E-state index is 0.103. The lowest BCUT2D eigenvalue weighted by Crippen LogP contribution is -2.46. The summed E-state index contributed by atoms with van der Waals surface area (Å²) in [6.45, 7) is 5.80. The van der Waals surface area contributed by atoms with Crippen molar-refractivity contribution in [3.8, 4) is 0 Å². The van der Waals surface area contributed by atoms with Crippen LogP contribution in [0.1, 0.15) is 20.9 Å². The lowest BCUT2D eigenvalue weighted by Gasteiger charge is -2.32. The first kappa shape index (κ1) is 18.7. The fraction of sp³-hybridized carbons (Fsp3) is 0.368. The third-order valence-corrected chi connectivity index (χ3v) is 6.82. The van der Waals surface area contributed by atoms with Gasteiger partial charge in [0.05, 0.1) is 17.1 Å². The summed E-state index contributed by atoms with van der Waals surface area (Å²) in [7, 11) is 2.08. The second-order valence-electron chi connectivity index (χ2n) is 6.87. The van der Waals surface area contributed by atoms with E-state index in [2.05, 4.69) is 17.0 Å². The van der Waals surface area contributed by atoms with Crippen LogP contribution in [0.4, 0.5) is 0 Å². The summed E-state index contributed by atoms with van der Waals surface area (Å²) in [6, 6.07) is 7.45. The fourth-order valence-electron chi connectivity index (χ4n) is 3.32. The number of halogens is 2. The van der Waals surface area contributed by atoms with Gasteiger partial charge in [-0.25, -0.2) is 4.68 Å². The van der Waals surface area contributed by atoms with Crippen molar-refractivity contribution >= 4 is 50.7 Å². The Labute approximate surface area is 172 Å². The first-order valence-corrected chi connectivity index (χ1v) is 10.4. The van der Waals surface area contributed by atoms with Crippen molar-refractivity contribution < 1.29 is 4.79 Å². The molecule has 0 N–H and O–H groups in total. The number of rotatable bonds is 3. The lowest BCUT2D eigenvalue weighted by molar-refractivity contribution is 0.0669. The van der Waals surface area contributed by atoms with Crippen molar-refractivity contribution in [3.63, 3.8) is 0 Å². The first-order chi connectivity index (χ1) is 12.9. The summed E-state index contributed by atoms with van der Waals surface area (Å²) < 4.78 is 1.89. The van der Waals surface area contributed by atoms with Crippen LogP contribution >= 0.6 is 34.5 Å². The van der Waals surface area contributed by atoms with Crippen molar-refractivity contribution in [2.24, 2.45) is 0 Å². The highest BCUT2D eigenvalue weighted by Gasteiger charge is 2.24. The molecule has 4 rings (SSSR count). The van der Waals surface area contributed by atoms with Gasteiger partial charge in [0.2, 0.25) is 0 Å². The zero-order chi connectivity index (χ0) is 19.1. The van der Waals surface area contributed by atoms with E-state index in [0.717, 1.165) is 52.5 Å². The molecule has 0 aliphatic carbocycles. The molecule has 1 aliphatic rings. The van der Waals surface area contributed by atoms with E-state index in [1.165, 1.54) is 11.3 Å². The Morgan fingerprint density at radius 1 is 1.19 bits per heavy atom. The zero-order valence-electron chi connectivity index (χ0n) is 15.2. The van der Waals surface area contributed by atoms with Crippen LogP contribution in [-0.2, 0) is 6.54 Å². The molecular formula is C19H20Cl2N4OS. The second kappa shape index (κ2) is 7.43. The average molecular weight is 423 g/mol. The fourth-order valence-corrected chi connectivity index (χ4v) is 4.97. The molecule has 0 saturated carbocycles. The molecule has 0 bridgehead atoms. The smallest absolute Gasteiger partial charge is 0.264 e. The maximum Gasteiger partial charge on any atom is 0.264 e. The van der Waals surface area contributed by atoms with Gasteiger partial charge < -0.3 is 9.80 Å². The van der Waals surface area contributed by atoms with Gasteiger partial charge in [-0.1, -0.05) is 29.3 Å². The Bertz CT molecular complexity index is 984. The molecule has 0 unspecified atom stereocenters. The molecule has 0 spiro atoms. The number of likely N-dealkylation sites (N-methyl/N-ethyl adjacent to an activating group) is 1. The molecule has 1 amide bonds. The van der Waals surface area contributed by atoms with Crippen LogP contribution in [-0.4, -0.2) is 58.7 Å². The van der Waals surface area contributed by atoms with Crippen molar-refractivity contribution in [1.29, 1.82) is 0 Å². The van der Waals surface area contributed by atoms with Crippen LogP contribution in [0, 0.1) is 6.92 Å². The maximum atomic E-state index is 12.9. The van der Waals surface area contributed by atoms with Gasteiger partial charge in [0, 0.05) is 47.2 Å². The molecule has 8 heteroatoms. The molecule has 1 saturated heterocycles. The van der Waals surface area contributed by atoms with Gasteiger partial charge in [-0.05, 0) is 32.2 Å². The highest BCUT2D eigenvalue weighted by atomic mass is 35.5. The largest absolute Gasteiger partial charge is 0.335 e. The number of aryl methyl sites for hydroxylation is 1. The van der Waals surface area contributed by atoms with Crippen molar-refractivity contribution in [3.05, 3.63) is 50.4 Å². The Balaban J connectivity index is 1.65. The molecule has 0 atom stereocenters. The van der Waals surface area contributed by atoms with Crippen molar-refractivity contribution in [2.75, 3.05) is 33.2 Å². The van der Waals surface area contributed by atoms with Crippen LogP contribution in [0.15, 0.2) is 24.3 Å². The summed E-state index contributed by atoms with van der Waals surface area (Å²) in [5, 5.41) is 6.88. The Hall–Kier alpha value is -1.60. The minimum absolute atomic E-state index is 0.103. The summed E-state index contributed by atoms with van der Waals surface area (Å²) in [4.78, 5) is 18.8. The van der Waals surface area contributed by atoms with Gasteiger partial charge in [-0.2, -0.15) is 5.10 Å². The predicted molar refractivity (Wildman–Crippen MR) is 111 cm³/mol. The Kier molecular flexibility index (Phi) is 5.16. The number of nitrogens with zero attached hydrogens (tertiary/aromatic N) is 4. The molecule has 3 heterocycles. The van der Waals surface area contributed by atoms with E-state index in [1.54, 1.807) is 0 Å². The summed E-state index contributed by atoms with van der Waals surface area (Å²) in [6.07, 6.45) is 0. The molecular weight excluding hydrogens is 403 g/mol. The molecule has 142 valence electrons. The highest BCUT2D eigenvalue weighted by molar-refractivity contribution is 7.20. The molecule has 5 nitrogen and oxygen atoms in total. The van der Waals surface area contributed by atoms with Gasteiger partial charge in [0.1, 0.15) is 4.83 Å². The van der Waals surface area contributed by atoms with E-state index in [4.69, 9.17) is 23.2 Å². The number of amides is 1. The van der Waals surface area contributed by atoms with Crippen LogP contribution in [0.25, 0.3) is 10.2 Å². The van der Waals surface area contributed by atoms with Crippen LogP contribution in [0.2, 0.25) is 10.0 Å². The second-order valence-corrected chi connectivity index (χ2v) is 8.71. The predicted octanol–water partition coefficient (Wildman–Crippen LogP) is 4.15. The molecule has 1 fully saturated rings. The number of hydrogen-bond acceptors (Lipinski definition) is 4. The minimum Gasteiger partial charge on any atom is -0.335 e. The third kappa shape index (κ3) is 3.59. The van der Waals surface area contributed by atoms with E-state index >= 15 is 0 Å². The zero-order valence-corrected chi connectivity index (χ0v) is 17.5. The van der Waals surface area contributed by atoms with E-state index in [0.29, 0.717) is 16.6 Å². The quantitative estimate of drug-likeness (QED) is 0.636. The number of thiophene rings is 1. The topological polar surface area (TPSA) is 41.4 Å². The van der Waals surface area contributed by atoms with E-state index < -0.39 is 0 Å².